The highest BCUT2D eigenvalue weighted by molar-refractivity contribution is 7.80. The largest absolute Gasteiger partial charge is 0.192 e. The van der Waals surface area contributed by atoms with E-state index in [0.29, 0.717) is 5.92 Å². The Morgan fingerprint density at radius 1 is 1.18 bits per heavy atom. The normalized spacial score (nSPS) is 12.1. The van der Waals surface area contributed by atoms with Crippen molar-refractivity contribution in [2.45, 2.75) is 44.9 Å². The molecule has 0 aliphatic heterocycles. The fraction of sp³-hybridized carbons (Fsp3) is 0.533. The standard InChI is InChI=1S/C15H21NS/c1-2-3-5-14(6-4-11-17)15-9-7-13(12-16)8-10-15/h7-10,14,17H,2-6,11H2,1H3. The Bertz CT molecular complexity index is 342. The van der Waals surface area contributed by atoms with Crippen LogP contribution in [0.25, 0.3) is 0 Å². The van der Waals surface area contributed by atoms with Crippen molar-refractivity contribution in [2.75, 3.05) is 5.75 Å². The van der Waals surface area contributed by atoms with Crippen molar-refractivity contribution in [2.24, 2.45) is 0 Å². The van der Waals surface area contributed by atoms with E-state index in [1.807, 2.05) is 12.1 Å². The Labute approximate surface area is 110 Å². The molecule has 0 fully saturated rings. The number of hydrogen-bond acceptors (Lipinski definition) is 2. The molecule has 1 rings (SSSR count). The van der Waals surface area contributed by atoms with Gasteiger partial charge in [-0.25, -0.2) is 0 Å². The molecule has 1 unspecified atom stereocenters. The lowest BCUT2D eigenvalue weighted by Crippen LogP contribution is -2.00. The van der Waals surface area contributed by atoms with Crippen molar-refractivity contribution in [3.63, 3.8) is 0 Å². The minimum atomic E-state index is 0.634. The van der Waals surface area contributed by atoms with Gasteiger partial charge in [-0.15, -0.1) is 0 Å². The van der Waals surface area contributed by atoms with Gasteiger partial charge in [0.25, 0.3) is 0 Å². The Balaban J connectivity index is 2.69. The first-order chi connectivity index (χ1) is 8.31. The van der Waals surface area contributed by atoms with E-state index in [1.165, 1.54) is 31.2 Å². The second-order valence-electron chi connectivity index (χ2n) is 4.44. The van der Waals surface area contributed by atoms with Gasteiger partial charge in [-0.3, -0.25) is 0 Å². The smallest absolute Gasteiger partial charge is 0.0991 e. The molecular formula is C15H21NS. The predicted molar refractivity (Wildman–Crippen MR) is 76.5 cm³/mol. The SMILES string of the molecule is CCCCC(CCCS)c1ccc(C#N)cc1. The average molecular weight is 247 g/mol. The molecule has 1 nitrogen and oxygen atoms in total. The Morgan fingerprint density at radius 2 is 1.82 bits per heavy atom. The van der Waals surface area contributed by atoms with Crippen molar-refractivity contribution in [1.29, 1.82) is 5.26 Å². The summed E-state index contributed by atoms with van der Waals surface area (Å²) in [6.45, 7) is 2.23. The Morgan fingerprint density at radius 3 is 2.35 bits per heavy atom. The third kappa shape index (κ3) is 4.83. The zero-order chi connectivity index (χ0) is 12.5. The first-order valence-electron chi connectivity index (χ1n) is 6.42. The summed E-state index contributed by atoms with van der Waals surface area (Å²) in [5.41, 5.74) is 2.12. The van der Waals surface area contributed by atoms with Crippen molar-refractivity contribution >= 4 is 12.6 Å². The fourth-order valence-electron chi connectivity index (χ4n) is 2.10. The van der Waals surface area contributed by atoms with Crippen LogP contribution in [0.5, 0.6) is 0 Å². The molecule has 0 aliphatic rings. The van der Waals surface area contributed by atoms with Crippen LogP contribution in [0, 0.1) is 11.3 Å². The van der Waals surface area contributed by atoms with E-state index in [2.05, 4.69) is 37.8 Å². The summed E-state index contributed by atoms with van der Waals surface area (Å²) < 4.78 is 0. The summed E-state index contributed by atoms with van der Waals surface area (Å²) in [5.74, 6) is 1.59. The van der Waals surface area contributed by atoms with Gasteiger partial charge >= 0.3 is 0 Å². The summed E-state index contributed by atoms with van der Waals surface area (Å²) in [4.78, 5) is 0. The number of rotatable bonds is 7. The Hall–Kier alpha value is -0.940. The van der Waals surface area contributed by atoms with Crippen LogP contribution in [-0.4, -0.2) is 5.75 Å². The third-order valence-electron chi connectivity index (χ3n) is 3.13. The number of unbranched alkanes of at least 4 members (excludes halogenated alkanes) is 1. The zero-order valence-corrected chi connectivity index (χ0v) is 11.4. The van der Waals surface area contributed by atoms with Crippen molar-refractivity contribution in [3.8, 4) is 6.07 Å². The molecule has 0 bridgehead atoms. The molecule has 17 heavy (non-hydrogen) atoms. The highest BCUT2D eigenvalue weighted by Crippen LogP contribution is 2.27. The van der Waals surface area contributed by atoms with Gasteiger partial charge in [-0.1, -0.05) is 31.9 Å². The van der Waals surface area contributed by atoms with Crippen LogP contribution < -0.4 is 0 Å². The summed E-state index contributed by atoms with van der Waals surface area (Å²) >= 11 is 4.29. The number of benzene rings is 1. The molecule has 0 N–H and O–H groups in total. The van der Waals surface area contributed by atoms with Crippen LogP contribution in [0.15, 0.2) is 24.3 Å². The number of nitriles is 1. The lowest BCUT2D eigenvalue weighted by molar-refractivity contribution is 0.543. The summed E-state index contributed by atoms with van der Waals surface area (Å²) in [6.07, 6.45) is 6.13. The van der Waals surface area contributed by atoms with Gasteiger partial charge in [0.1, 0.15) is 0 Å². The Kier molecular flexibility index (Phi) is 6.81. The van der Waals surface area contributed by atoms with Gasteiger partial charge in [-0.2, -0.15) is 17.9 Å². The van der Waals surface area contributed by atoms with E-state index >= 15 is 0 Å². The molecule has 2 heteroatoms. The molecule has 1 aromatic carbocycles. The summed E-state index contributed by atoms with van der Waals surface area (Å²) in [6, 6.07) is 10.2. The second kappa shape index (κ2) is 8.20. The molecule has 0 spiro atoms. The molecule has 0 aromatic heterocycles. The van der Waals surface area contributed by atoms with Gasteiger partial charge in [0.2, 0.25) is 0 Å². The maximum Gasteiger partial charge on any atom is 0.0991 e. The van der Waals surface area contributed by atoms with Gasteiger partial charge in [0, 0.05) is 0 Å². The minimum Gasteiger partial charge on any atom is -0.192 e. The number of thiol groups is 1. The maximum atomic E-state index is 8.79. The lowest BCUT2D eigenvalue weighted by Gasteiger charge is -2.16. The van der Waals surface area contributed by atoms with Gasteiger partial charge < -0.3 is 0 Å². The average Bonchev–Trinajstić information content (AvgIpc) is 2.39. The molecule has 1 atom stereocenters. The zero-order valence-electron chi connectivity index (χ0n) is 10.5. The van der Waals surface area contributed by atoms with Gasteiger partial charge in [-0.05, 0) is 48.6 Å². The topological polar surface area (TPSA) is 23.8 Å². The first-order valence-corrected chi connectivity index (χ1v) is 7.06. The van der Waals surface area contributed by atoms with Gasteiger partial charge in [0.05, 0.1) is 11.6 Å². The number of hydrogen-bond donors (Lipinski definition) is 1. The van der Waals surface area contributed by atoms with Crippen molar-refractivity contribution in [3.05, 3.63) is 35.4 Å². The summed E-state index contributed by atoms with van der Waals surface area (Å²) in [5, 5.41) is 8.79. The van der Waals surface area contributed by atoms with E-state index in [4.69, 9.17) is 5.26 Å². The van der Waals surface area contributed by atoms with E-state index < -0.39 is 0 Å². The molecule has 1 aromatic rings. The van der Waals surface area contributed by atoms with Crippen LogP contribution in [0.2, 0.25) is 0 Å². The highest BCUT2D eigenvalue weighted by Gasteiger charge is 2.10. The molecule has 0 radical (unpaired) electrons. The quantitative estimate of drug-likeness (QED) is 0.702. The minimum absolute atomic E-state index is 0.634. The van der Waals surface area contributed by atoms with Crippen LogP contribution in [-0.2, 0) is 0 Å². The summed E-state index contributed by atoms with van der Waals surface area (Å²) in [7, 11) is 0. The van der Waals surface area contributed by atoms with Crippen molar-refractivity contribution < 1.29 is 0 Å². The van der Waals surface area contributed by atoms with Crippen molar-refractivity contribution in [1.82, 2.24) is 0 Å². The third-order valence-corrected chi connectivity index (χ3v) is 3.44. The lowest BCUT2D eigenvalue weighted by atomic mass is 9.89. The van der Waals surface area contributed by atoms with E-state index in [1.54, 1.807) is 0 Å². The van der Waals surface area contributed by atoms with Crippen LogP contribution in [0.1, 0.15) is 56.1 Å². The monoisotopic (exact) mass is 247 g/mol. The molecule has 0 amide bonds. The highest BCUT2D eigenvalue weighted by atomic mass is 32.1. The fourth-order valence-corrected chi connectivity index (χ4v) is 2.28. The molecule has 0 heterocycles. The van der Waals surface area contributed by atoms with Gasteiger partial charge in [0.15, 0.2) is 0 Å². The predicted octanol–water partition coefficient (Wildman–Crippen LogP) is 4.54. The van der Waals surface area contributed by atoms with E-state index in [-0.39, 0.29) is 0 Å². The molecule has 0 aliphatic carbocycles. The van der Waals surface area contributed by atoms with E-state index in [0.717, 1.165) is 17.7 Å². The van der Waals surface area contributed by atoms with Crippen LogP contribution in [0.3, 0.4) is 0 Å². The molecular weight excluding hydrogens is 226 g/mol. The number of nitrogens with zero attached hydrogens (tertiary/aromatic N) is 1. The van der Waals surface area contributed by atoms with Crippen LogP contribution >= 0.6 is 12.6 Å². The maximum absolute atomic E-state index is 8.79. The van der Waals surface area contributed by atoms with E-state index in [9.17, 15) is 0 Å². The van der Waals surface area contributed by atoms with Crippen LogP contribution in [0.4, 0.5) is 0 Å². The molecule has 0 saturated heterocycles. The molecule has 92 valence electrons. The second-order valence-corrected chi connectivity index (χ2v) is 4.89. The molecule has 0 saturated carbocycles. The first kappa shape index (κ1) is 14.1.